The number of carboxylic acids is 1. The van der Waals surface area contributed by atoms with Crippen molar-refractivity contribution in [2.45, 2.75) is 13.3 Å². The van der Waals surface area contributed by atoms with E-state index >= 15 is 0 Å². The Balaban J connectivity index is 2.19. The highest BCUT2D eigenvalue weighted by atomic mass is 16.6. The Morgan fingerprint density at radius 1 is 1.10 bits per heavy atom. The first-order valence-electron chi connectivity index (χ1n) is 6.51. The number of hydrogen-bond donors (Lipinski definition) is 2. The first kappa shape index (κ1) is 14.6. The Morgan fingerprint density at radius 3 is 2.43 bits per heavy atom. The molecule has 0 radical (unpaired) electrons. The minimum Gasteiger partial charge on any atom is -0.478 e. The highest BCUT2D eigenvalue weighted by Crippen LogP contribution is 2.21. The van der Waals surface area contributed by atoms with Gasteiger partial charge in [-0.25, -0.2) is 9.59 Å². The number of amides is 1. The molecule has 0 unspecified atom stereocenters. The Labute approximate surface area is 122 Å². The summed E-state index contributed by atoms with van der Waals surface area (Å²) in [6.45, 7) is 1.86. The minimum absolute atomic E-state index is 0.0880. The molecule has 0 fully saturated rings. The largest absolute Gasteiger partial charge is 0.478 e. The van der Waals surface area contributed by atoms with Crippen molar-refractivity contribution in [2.75, 3.05) is 5.32 Å². The summed E-state index contributed by atoms with van der Waals surface area (Å²) in [5.74, 6) is -0.694. The molecule has 2 rings (SSSR count). The Morgan fingerprint density at radius 2 is 1.81 bits per heavy atom. The lowest BCUT2D eigenvalue weighted by Crippen LogP contribution is -2.19. The molecule has 0 atom stereocenters. The topological polar surface area (TPSA) is 75.6 Å². The van der Waals surface area contributed by atoms with Crippen molar-refractivity contribution in [3.05, 3.63) is 59.7 Å². The van der Waals surface area contributed by atoms with Gasteiger partial charge in [-0.3, -0.25) is 5.32 Å². The predicted octanol–water partition coefficient (Wildman–Crippen LogP) is 3.56. The third kappa shape index (κ3) is 3.60. The van der Waals surface area contributed by atoms with E-state index in [1.165, 1.54) is 6.07 Å². The molecule has 1 amide bonds. The van der Waals surface area contributed by atoms with Crippen molar-refractivity contribution in [1.82, 2.24) is 0 Å². The Bertz CT molecular complexity index is 653. The summed E-state index contributed by atoms with van der Waals surface area (Å²) in [6.07, 6.45) is -0.165. The zero-order chi connectivity index (χ0) is 15.2. The molecular formula is C16H15NO4. The normalized spacial score (nSPS) is 9.95. The van der Waals surface area contributed by atoms with Gasteiger partial charge >= 0.3 is 12.1 Å². The van der Waals surface area contributed by atoms with Gasteiger partial charge in [0.1, 0.15) is 5.75 Å². The van der Waals surface area contributed by atoms with Gasteiger partial charge in [0.15, 0.2) is 0 Å². The first-order valence-corrected chi connectivity index (χ1v) is 6.51. The van der Waals surface area contributed by atoms with E-state index in [-0.39, 0.29) is 11.3 Å². The van der Waals surface area contributed by atoms with E-state index < -0.39 is 12.1 Å². The lowest BCUT2D eigenvalue weighted by Gasteiger charge is -2.11. The SMILES string of the molecule is CCc1cccc(NC(=O)Oc2ccccc2)c1C(=O)O. The average Bonchev–Trinajstić information content (AvgIpc) is 2.47. The smallest absolute Gasteiger partial charge is 0.417 e. The van der Waals surface area contributed by atoms with Crippen molar-refractivity contribution in [3.8, 4) is 5.75 Å². The fourth-order valence-corrected chi connectivity index (χ4v) is 1.98. The monoisotopic (exact) mass is 285 g/mol. The van der Waals surface area contributed by atoms with Crippen LogP contribution in [0, 0.1) is 0 Å². The zero-order valence-electron chi connectivity index (χ0n) is 11.5. The third-order valence-electron chi connectivity index (χ3n) is 2.94. The molecule has 2 aromatic carbocycles. The van der Waals surface area contributed by atoms with E-state index in [2.05, 4.69) is 5.32 Å². The summed E-state index contributed by atoms with van der Waals surface area (Å²) in [5, 5.41) is 11.8. The number of para-hydroxylation sites is 1. The molecule has 0 aromatic heterocycles. The highest BCUT2D eigenvalue weighted by Gasteiger charge is 2.16. The zero-order valence-corrected chi connectivity index (χ0v) is 11.5. The molecule has 108 valence electrons. The average molecular weight is 285 g/mol. The van der Waals surface area contributed by atoms with Gasteiger partial charge in [0.25, 0.3) is 0 Å². The Hall–Kier alpha value is -2.82. The van der Waals surface area contributed by atoms with Gasteiger partial charge in [-0.05, 0) is 30.2 Å². The second-order valence-corrected chi connectivity index (χ2v) is 4.33. The van der Waals surface area contributed by atoms with E-state index in [1.54, 1.807) is 42.5 Å². The van der Waals surface area contributed by atoms with Gasteiger partial charge in [-0.2, -0.15) is 0 Å². The second kappa shape index (κ2) is 6.56. The lowest BCUT2D eigenvalue weighted by atomic mass is 10.0. The van der Waals surface area contributed by atoms with E-state index in [4.69, 9.17) is 4.74 Å². The fourth-order valence-electron chi connectivity index (χ4n) is 1.98. The van der Waals surface area contributed by atoms with Crippen molar-refractivity contribution in [1.29, 1.82) is 0 Å². The molecule has 5 nitrogen and oxygen atoms in total. The second-order valence-electron chi connectivity index (χ2n) is 4.33. The molecule has 0 saturated heterocycles. The van der Waals surface area contributed by atoms with Gasteiger partial charge < -0.3 is 9.84 Å². The van der Waals surface area contributed by atoms with Gasteiger partial charge in [-0.1, -0.05) is 37.3 Å². The van der Waals surface area contributed by atoms with Gasteiger partial charge in [0.2, 0.25) is 0 Å². The maximum absolute atomic E-state index is 11.8. The number of aryl methyl sites for hydroxylation is 1. The number of anilines is 1. The van der Waals surface area contributed by atoms with Crippen LogP contribution in [0.1, 0.15) is 22.8 Å². The number of aromatic carboxylic acids is 1. The van der Waals surface area contributed by atoms with Crippen LogP contribution in [-0.4, -0.2) is 17.2 Å². The summed E-state index contributed by atoms with van der Waals surface area (Å²) in [4.78, 5) is 23.2. The van der Waals surface area contributed by atoms with Crippen LogP contribution in [-0.2, 0) is 6.42 Å². The van der Waals surface area contributed by atoms with Gasteiger partial charge in [-0.15, -0.1) is 0 Å². The molecule has 5 heteroatoms. The standard InChI is InChI=1S/C16H15NO4/c1-2-11-7-6-10-13(14(11)15(18)19)17-16(20)21-12-8-4-3-5-9-12/h3-10H,2H2,1H3,(H,17,20)(H,18,19). The summed E-state index contributed by atoms with van der Waals surface area (Å²) in [7, 11) is 0. The molecular weight excluding hydrogens is 270 g/mol. The molecule has 0 heterocycles. The van der Waals surface area contributed by atoms with Crippen LogP contribution >= 0.6 is 0 Å². The number of rotatable bonds is 4. The maximum Gasteiger partial charge on any atom is 0.417 e. The van der Waals surface area contributed by atoms with Crippen molar-refractivity contribution in [3.63, 3.8) is 0 Å². The minimum atomic E-state index is -1.08. The first-order chi connectivity index (χ1) is 10.1. The number of ether oxygens (including phenoxy) is 1. The summed E-state index contributed by atoms with van der Waals surface area (Å²) in [6, 6.07) is 13.5. The van der Waals surface area contributed by atoms with Crippen LogP contribution in [0.2, 0.25) is 0 Å². The summed E-state index contributed by atoms with van der Waals surface area (Å²) < 4.78 is 5.08. The van der Waals surface area contributed by atoms with Crippen LogP contribution in [0.3, 0.4) is 0 Å². The van der Waals surface area contributed by atoms with Crippen molar-refractivity contribution < 1.29 is 19.4 Å². The molecule has 0 saturated carbocycles. The fraction of sp³-hybridized carbons (Fsp3) is 0.125. The van der Waals surface area contributed by atoms with Crippen LogP contribution in [0.15, 0.2) is 48.5 Å². The maximum atomic E-state index is 11.8. The van der Waals surface area contributed by atoms with Gasteiger partial charge in [0, 0.05) is 0 Å². The summed E-state index contributed by atoms with van der Waals surface area (Å²) >= 11 is 0. The van der Waals surface area contributed by atoms with Gasteiger partial charge in [0.05, 0.1) is 11.3 Å². The van der Waals surface area contributed by atoms with E-state index in [1.807, 2.05) is 6.92 Å². The van der Waals surface area contributed by atoms with Crippen molar-refractivity contribution in [2.24, 2.45) is 0 Å². The molecule has 0 bridgehead atoms. The number of benzene rings is 2. The van der Waals surface area contributed by atoms with Crippen molar-refractivity contribution >= 4 is 17.7 Å². The van der Waals surface area contributed by atoms with E-state index in [0.717, 1.165) is 0 Å². The van der Waals surface area contributed by atoms with E-state index in [0.29, 0.717) is 17.7 Å². The molecule has 0 aliphatic rings. The number of carbonyl (C=O) groups is 2. The molecule has 0 aliphatic carbocycles. The number of carboxylic acid groups (broad SMARTS) is 1. The summed E-state index contributed by atoms with van der Waals surface area (Å²) in [5.41, 5.74) is 0.966. The molecule has 0 aliphatic heterocycles. The molecule has 2 N–H and O–H groups in total. The number of hydrogen-bond acceptors (Lipinski definition) is 3. The third-order valence-corrected chi connectivity index (χ3v) is 2.94. The Kier molecular flexibility index (Phi) is 4.56. The number of nitrogens with one attached hydrogen (secondary N) is 1. The van der Waals surface area contributed by atoms with Crippen LogP contribution in [0.25, 0.3) is 0 Å². The predicted molar refractivity (Wildman–Crippen MR) is 78.9 cm³/mol. The highest BCUT2D eigenvalue weighted by molar-refractivity contribution is 6.00. The van der Waals surface area contributed by atoms with Crippen LogP contribution in [0.4, 0.5) is 10.5 Å². The molecule has 0 spiro atoms. The van der Waals surface area contributed by atoms with Crippen LogP contribution < -0.4 is 10.1 Å². The van der Waals surface area contributed by atoms with E-state index in [9.17, 15) is 14.7 Å². The van der Waals surface area contributed by atoms with Crippen LogP contribution in [0.5, 0.6) is 5.75 Å². The quantitative estimate of drug-likeness (QED) is 0.900. The lowest BCUT2D eigenvalue weighted by molar-refractivity contribution is 0.0697. The molecule has 21 heavy (non-hydrogen) atoms. The molecule has 2 aromatic rings. The number of carbonyl (C=O) groups excluding carboxylic acids is 1.